The molecule has 5 heteroatoms. The summed E-state index contributed by atoms with van der Waals surface area (Å²) in [7, 11) is 0. The van der Waals surface area contributed by atoms with Gasteiger partial charge in [0.1, 0.15) is 5.75 Å². The van der Waals surface area contributed by atoms with Gasteiger partial charge >= 0.3 is 5.97 Å². The van der Waals surface area contributed by atoms with Gasteiger partial charge in [-0.05, 0) is 32.4 Å². The molecule has 0 N–H and O–H groups in total. The van der Waals surface area contributed by atoms with Gasteiger partial charge in [-0.25, -0.2) is 4.79 Å². The summed E-state index contributed by atoms with van der Waals surface area (Å²) in [6.07, 6.45) is 0.799. The van der Waals surface area contributed by atoms with Gasteiger partial charge in [-0.2, -0.15) is 0 Å². The molecule has 0 aromatic heterocycles. The second kappa shape index (κ2) is 6.41. The van der Waals surface area contributed by atoms with E-state index in [1.807, 2.05) is 12.1 Å². The average Bonchev–Trinajstić information content (AvgIpc) is 2.85. The Morgan fingerprint density at radius 2 is 2.25 bits per heavy atom. The van der Waals surface area contributed by atoms with Crippen molar-refractivity contribution in [1.29, 1.82) is 0 Å². The van der Waals surface area contributed by atoms with Crippen LogP contribution in [0.4, 0.5) is 5.69 Å². The van der Waals surface area contributed by atoms with Gasteiger partial charge in [0, 0.05) is 24.7 Å². The van der Waals surface area contributed by atoms with Gasteiger partial charge in [0.25, 0.3) is 0 Å². The maximum atomic E-state index is 11.7. The van der Waals surface area contributed by atoms with Gasteiger partial charge in [0.05, 0.1) is 6.61 Å². The minimum atomic E-state index is -0.667. The minimum Gasteiger partial charge on any atom is -0.479 e. The Labute approximate surface area is 118 Å². The first kappa shape index (κ1) is 14.4. The second-order valence-electron chi connectivity index (χ2n) is 4.66. The van der Waals surface area contributed by atoms with Crippen molar-refractivity contribution in [2.75, 3.05) is 18.1 Å². The first-order chi connectivity index (χ1) is 9.61. The molecule has 20 heavy (non-hydrogen) atoms. The molecule has 5 nitrogen and oxygen atoms in total. The fourth-order valence-electron chi connectivity index (χ4n) is 2.16. The number of anilines is 1. The molecule has 1 aliphatic heterocycles. The molecule has 1 fully saturated rings. The van der Waals surface area contributed by atoms with E-state index in [0.29, 0.717) is 18.8 Å². The molecule has 0 spiro atoms. The van der Waals surface area contributed by atoms with Crippen molar-refractivity contribution < 1.29 is 19.1 Å². The van der Waals surface area contributed by atoms with E-state index >= 15 is 0 Å². The number of nitrogens with zero attached hydrogens (tertiary/aromatic N) is 1. The molecule has 108 valence electrons. The molecule has 1 unspecified atom stereocenters. The number of hydrogen-bond acceptors (Lipinski definition) is 4. The van der Waals surface area contributed by atoms with E-state index in [1.54, 1.807) is 30.9 Å². The number of rotatable bonds is 5. The number of hydrogen-bond donors (Lipinski definition) is 0. The molecule has 1 atom stereocenters. The zero-order chi connectivity index (χ0) is 14.5. The van der Waals surface area contributed by atoms with Crippen LogP contribution >= 0.6 is 0 Å². The van der Waals surface area contributed by atoms with Crippen LogP contribution in [0.5, 0.6) is 5.75 Å². The van der Waals surface area contributed by atoms with Crippen molar-refractivity contribution in [3.05, 3.63) is 24.3 Å². The highest BCUT2D eigenvalue weighted by Crippen LogP contribution is 2.25. The van der Waals surface area contributed by atoms with Crippen LogP contribution in [0, 0.1) is 0 Å². The van der Waals surface area contributed by atoms with Crippen LogP contribution in [-0.4, -0.2) is 31.1 Å². The summed E-state index contributed by atoms with van der Waals surface area (Å²) < 4.78 is 10.4. The zero-order valence-electron chi connectivity index (χ0n) is 11.8. The van der Waals surface area contributed by atoms with Gasteiger partial charge in [-0.1, -0.05) is 6.07 Å². The molecular weight excluding hydrogens is 258 g/mol. The second-order valence-corrected chi connectivity index (χ2v) is 4.66. The highest BCUT2D eigenvalue weighted by molar-refractivity contribution is 5.95. The van der Waals surface area contributed by atoms with Gasteiger partial charge in [-0.15, -0.1) is 0 Å². The van der Waals surface area contributed by atoms with E-state index in [0.717, 1.165) is 18.7 Å². The summed E-state index contributed by atoms with van der Waals surface area (Å²) in [6.45, 7) is 4.46. The Balaban J connectivity index is 2.06. The normalized spacial score (nSPS) is 16.1. The van der Waals surface area contributed by atoms with Gasteiger partial charge in [0.15, 0.2) is 6.10 Å². The Morgan fingerprint density at radius 3 is 2.90 bits per heavy atom. The number of esters is 1. The largest absolute Gasteiger partial charge is 0.479 e. The first-order valence-electron chi connectivity index (χ1n) is 6.85. The molecule has 1 amide bonds. The molecule has 0 aliphatic carbocycles. The van der Waals surface area contributed by atoms with Crippen molar-refractivity contribution >= 4 is 17.6 Å². The minimum absolute atomic E-state index is 0.126. The molecular formula is C15H19NO4. The molecule has 0 saturated carbocycles. The smallest absolute Gasteiger partial charge is 0.347 e. The maximum Gasteiger partial charge on any atom is 0.347 e. The summed E-state index contributed by atoms with van der Waals surface area (Å²) in [5, 5.41) is 0. The number of ether oxygens (including phenoxy) is 2. The zero-order valence-corrected chi connectivity index (χ0v) is 11.8. The van der Waals surface area contributed by atoms with Crippen molar-refractivity contribution in [3.8, 4) is 5.75 Å². The van der Waals surface area contributed by atoms with Crippen LogP contribution in [0.15, 0.2) is 24.3 Å². The van der Waals surface area contributed by atoms with Crippen molar-refractivity contribution in [2.24, 2.45) is 0 Å². The summed E-state index contributed by atoms with van der Waals surface area (Å²) >= 11 is 0. The Bertz CT molecular complexity index is 500. The van der Waals surface area contributed by atoms with E-state index in [9.17, 15) is 9.59 Å². The number of carbonyl (C=O) groups excluding carboxylic acids is 2. The Hall–Kier alpha value is -2.04. The lowest BCUT2D eigenvalue weighted by Gasteiger charge is -2.18. The predicted molar refractivity (Wildman–Crippen MR) is 74.8 cm³/mol. The highest BCUT2D eigenvalue weighted by atomic mass is 16.6. The molecule has 1 aromatic carbocycles. The van der Waals surface area contributed by atoms with Gasteiger partial charge in [-0.3, -0.25) is 4.79 Å². The van der Waals surface area contributed by atoms with Crippen LogP contribution < -0.4 is 9.64 Å². The van der Waals surface area contributed by atoms with E-state index < -0.39 is 12.1 Å². The lowest BCUT2D eigenvalue weighted by Crippen LogP contribution is -2.26. The summed E-state index contributed by atoms with van der Waals surface area (Å²) in [5.74, 6) is 0.290. The van der Waals surface area contributed by atoms with E-state index in [1.165, 1.54) is 0 Å². The fourth-order valence-corrected chi connectivity index (χ4v) is 2.16. The van der Waals surface area contributed by atoms with Crippen molar-refractivity contribution in [1.82, 2.24) is 0 Å². The maximum absolute atomic E-state index is 11.7. The molecule has 1 aliphatic rings. The molecule has 1 aromatic rings. The van der Waals surface area contributed by atoms with Crippen LogP contribution in [0.3, 0.4) is 0 Å². The number of benzene rings is 1. The monoisotopic (exact) mass is 277 g/mol. The SMILES string of the molecule is CCOC(=O)C(C)Oc1cccc(N2CCCC2=O)c1. The third kappa shape index (κ3) is 3.29. The van der Waals surface area contributed by atoms with Crippen molar-refractivity contribution in [3.63, 3.8) is 0 Å². The summed E-state index contributed by atoms with van der Waals surface area (Å²) in [4.78, 5) is 25.0. The first-order valence-corrected chi connectivity index (χ1v) is 6.85. The Kier molecular flexibility index (Phi) is 4.61. The Morgan fingerprint density at radius 1 is 1.45 bits per heavy atom. The average molecular weight is 277 g/mol. The quantitative estimate of drug-likeness (QED) is 0.774. The third-order valence-electron chi connectivity index (χ3n) is 3.13. The topological polar surface area (TPSA) is 55.8 Å². The van der Waals surface area contributed by atoms with Crippen LogP contribution in [0.2, 0.25) is 0 Å². The lowest BCUT2D eigenvalue weighted by atomic mass is 10.2. The van der Waals surface area contributed by atoms with Gasteiger partial charge in [0.2, 0.25) is 5.91 Å². The van der Waals surface area contributed by atoms with Crippen LogP contribution in [0.25, 0.3) is 0 Å². The lowest BCUT2D eigenvalue weighted by molar-refractivity contribution is -0.150. The van der Waals surface area contributed by atoms with E-state index in [4.69, 9.17) is 9.47 Å². The number of carbonyl (C=O) groups is 2. The predicted octanol–water partition coefficient (Wildman–Crippen LogP) is 2.14. The van der Waals surface area contributed by atoms with Gasteiger partial charge < -0.3 is 14.4 Å². The number of amides is 1. The molecule has 0 bridgehead atoms. The molecule has 2 rings (SSSR count). The van der Waals surface area contributed by atoms with Crippen molar-refractivity contribution in [2.45, 2.75) is 32.8 Å². The third-order valence-corrected chi connectivity index (χ3v) is 3.13. The molecule has 1 saturated heterocycles. The summed E-state index contributed by atoms with van der Waals surface area (Å²) in [5.41, 5.74) is 0.807. The standard InChI is InChI=1S/C15H19NO4/c1-3-19-15(18)11(2)20-13-7-4-6-12(10-13)16-9-5-8-14(16)17/h4,6-7,10-11H,3,5,8-9H2,1-2H3. The van der Waals surface area contributed by atoms with Crippen LogP contribution in [-0.2, 0) is 14.3 Å². The van der Waals surface area contributed by atoms with E-state index in [-0.39, 0.29) is 5.91 Å². The van der Waals surface area contributed by atoms with Crippen LogP contribution in [0.1, 0.15) is 26.7 Å². The fraction of sp³-hybridized carbons (Fsp3) is 0.467. The molecule has 1 heterocycles. The highest BCUT2D eigenvalue weighted by Gasteiger charge is 2.22. The molecule has 0 radical (unpaired) electrons. The van der Waals surface area contributed by atoms with E-state index in [2.05, 4.69) is 0 Å². The summed E-state index contributed by atoms with van der Waals surface area (Å²) in [6, 6.07) is 7.22.